The molecule has 0 bridgehead atoms. The quantitative estimate of drug-likeness (QED) is 0.328. The first-order valence-electron chi connectivity index (χ1n) is 8.88. The number of hydrogen-bond donors (Lipinski definition) is 2. The first-order chi connectivity index (χ1) is 12.9. The van der Waals surface area contributed by atoms with Crippen molar-refractivity contribution in [3.8, 4) is 22.5 Å². The van der Waals surface area contributed by atoms with E-state index in [1.54, 1.807) is 12.1 Å². The molecule has 2 aliphatic rings. The molecule has 134 valence electrons. The summed E-state index contributed by atoms with van der Waals surface area (Å²) in [6.45, 7) is 2.05. The average Bonchev–Trinajstić information content (AvgIpc) is 2.65. The van der Waals surface area contributed by atoms with Crippen LogP contribution in [0.5, 0.6) is 0 Å². The van der Waals surface area contributed by atoms with Gasteiger partial charge in [-0.1, -0.05) is 36.4 Å². The fourth-order valence-electron chi connectivity index (χ4n) is 3.40. The zero-order valence-electron chi connectivity index (χ0n) is 15.6. The fraction of sp³-hybridized carbons (Fsp3) is 0.136. The minimum absolute atomic E-state index is 0.471. The van der Waals surface area contributed by atoms with E-state index in [0.717, 1.165) is 44.3 Å². The van der Waals surface area contributed by atoms with Gasteiger partial charge in [0.05, 0.1) is 6.07 Å². The normalized spacial score (nSPS) is 11.1. The Bertz CT molecular complexity index is 1170. The Kier molecular flexibility index (Phi) is 4.34. The Hall–Kier alpha value is -2.89. The summed E-state index contributed by atoms with van der Waals surface area (Å²) in [6, 6.07) is 19.7. The lowest BCUT2D eigenvalue weighted by molar-refractivity contribution is 0.426. The van der Waals surface area contributed by atoms with E-state index >= 15 is 0 Å². The third kappa shape index (κ3) is 3.16. The van der Waals surface area contributed by atoms with Crippen molar-refractivity contribution in [1.82, 2.24) is 4.58 Å². The van der Waals surface area contributed by atoms with Gasteiger partial charge < -0.3 is 14.5 Å². The molecular weight excluding hydrogens is 337 g/mol. The highest BCUT2D eigenvalue weighted by atomic mass is 16.4. The van der Waals surface area contributed by atoms with Crippen LogP contribution in [0.4, 0.5) is 0 Å². The lowest BCUT2D eigenvalue weighted by atomic mass is 9.79. The van der Waals surface area contributed by atoms with Crippen LogP contribution in [-0.4, -0.2) is 31.3 Å². The predicted octanol–water partition coefficient (Wildman–Crippen LogP) is 2.22. The Balaban J connectivity index is 2.08. The molecule has 0 fully saturated rings. The first kappa shape index (κ1) is 17.5. The molecule has 0 saturated heterocycles. The van der Waals surface area contributed by atoms with Crippen LogP contribution in [0.2, 0.25) is 0 Å². The van der Waals surface area contributed by atoms with Gasteiger partial charge in [0.15, 0.2) is 0 Å². The Morgan fingerprint density at radius 3 is 2.30 bits per heavy atom. The number of aryl methyl sites for hydroxylation is 1. The van der Waals surface area contributed by atoms with Gasteiger partial charge in [-0.2, -0.15) is 0 Å². The Morgan fingerprint density at radius 1 is 0.889 bits per heavy atom. The van der Waals surface area contributed by atoms with E-state index in [0.29, 0.717) is 5.46 Å². The maximum Gasteiger partial charge on any atom is 0.488 e. The minimum atomic E-state index is -1.47. The molecule has 1 aliphatic heterocycles. The third-order valence-corrected chi connectivity index (χ3v) is 4.87. The molecule has 0 saturated carbocycles. The second kappa shape index (κ2) is 6.69. The summed E-state index contributed by atoms with van der Waals surface area (Å²) >= 11 is 0. The van der Waals surface area contributed by atoms with Crippen LogP contribution in [0.25, 0.3) is 33.4 Å². The molecule has 27 heavy (non-hydrogen) atoms. The van der Waals surface area contributed by atoms with Gasteiger partial charge in [-0.25, -0.2) is 4.58 Å². The monoisotopic (exact) mass is 358 g/mol. The lowest BCUT2D eigenvalue weighted by Crippen LogP contribution is -2.29. The van der Waals surface area contributed by atoms with E-state index < -0.39 is 7.12 Å². The van der Waals surface area contributed by atoms with Crippen LogP contribution in [0, 0.1) is 6.92 Å². The topological polar surface area (TPSA) is 56.6 Å². The van der Waals surface area contributed by atoms with Crippen molar-refractivity contribution in [1.29, 1.82) is 0 Å². The van der Waals surface area contributed by atoms with Crippen molar-refractivity contribution >= 4 is 23.6 Å². The van der Waals surface area contributed by atoms with Crippen molar-refractivity contribution in [2.24, 2.45) is 0 Å². The van der Waals surface area contributed by atoms with Gasteiger partial charge in [0.1, 0.15) is 25.4 Å². The van der Waals surface area contributed by atoms with Crippen molar-refractivity contribution < 1.29 is 14.5 Å². The van der Waals surface area contributed by atoms with Crippen molar-refractivity contribution in [3.63, 3.8) is 0 Å². The molecule has 1 heterocycles. The maximum atomic E-state index is 9.38. The van der Waals surface area contributed by atoms with Crippen LogP contribution in [0.1, 0.15) is 5.56 Å². The smallest absolute Gasteiger partial charge is 0.456 e. The highest BCUT2D eigenvalue weighted by Crippen LogP contribution is 2.39. The summed E-state index contributed by atoms with van der Waals surface area (Å²) in [4.78, 5) is 0. The molecule has 0 atom stereocenters. The van der Waals surface area contributed by atoms with Gasteiger partial charge in [0, 0.05) is 22.6 Å². The van der Waals surface area contributed by atoms with E-state index in [1.165, 1.54) is 0 Å². The van der Waals surface area contributed by atoms with Crippen LogP contribution in [0.3, 0.4) is 0 Å². The van der Waals surface area contributed by atoms with E-state index in [4.69, 9.17) is 4.42 Å². The van der Waals surface area contributed by atoms with Gasteiger partial charge in [0.2, 0.25) is 5.36 Å². The molecule has 2 aromatic carbocycles. The summed E-state index contributed by atoms with van der Waals surface area (Å²) in [5, 5.41) is 20.9. The summed E-state index contributed by atoms with van der Waals surface area (Å²) in [7, 11) is 2.54. The van der Waals surface area contributed by atoms with E-state index in [2.05, 4.69) is 24.3 Å². The minimum Gasteiger partial charge on any atom is -0.456 e. The number of rotatable bonds is 2. The zero-order chi connectivity index (χ0) is 19.1. The SMILES string of the molecule is Cc1ccc2c(-c3ccc(B(O)O)cc3)c3ccc(=[N+](C)C)cc-3oc2c1. The van der Waals surface area contributed by atoms with E-state index in [9.17, 15) is 10.0 Å². The molecule has 0 radical (unpaired) electrons. The molecule has 4 rings (SSSR count). The van der Waals surface area contributed by atoms with Crippen molar-refractivity contribution in [3.05, 3.63) is 71.6 Å². The number of nitrogens with zero attached hydrogens (tertiary/aromatic N) is 1. The standard InChI is InChI=1S/C22H21BNO3/c1-14-4-10-18-20(12-14)27-21-13-17(24(2)3)9-11-19(21)22(18)15-5-7-16(8-6-15)23(25)26/h4-13,25-26H,1-3H3/q+1. The largest absolute Gasteiger partial charge is 0.488 e. The van der Waals surface area contributed by atoms with Gasteiger partial charge >= 0.3 is 7.12 Å². The molecule has 2 N–H and O–H groups in total. The lowest BCUT2D eigenvalue weighted by Gasteiger charge is -2.15. The van der Waals surface area contributed by atoms with Crippen LogP contribution in [-0.2, 0) is 0 Å². The summed E-state index contributed by atoms with van der Waals surface area (Å²) in [5.41, 5.74) is 5.55. The molecule has 1 aliphatic carbocycles. The van der Waals surface area contributed by atoms with Gasteiger partial charge in [-0.05, 0) is 35.6 Å². The van der Waals surface area contributed by atoms with Gasteiger partial charge in [0.25, 0.3) is 0 Å². The van der Waals surface area contributed by atoms with Gasteiger partial charge in [-0.15, -0.1) is 0 Å². The molecule has 5 heteroatoms. The van der Waals surface area contributed by atoms with Crippen molar-refractivity contribution in [2.75, 3.05) is 14.1 Å². The second-order valence-electron chi connectivity index (χ2n) is 7.05. The Morgan fingerprint density at radius 2 is 1.63 bits per heavy atom. The highest BCUT2D eigenvalue weighted by Gasteiger charge is 2.19. The molecule has 4 nitrogen and oxygen atoms in total. The molecule has 0 aromatic heterocycles. The van der Waals surface area contributed by atoms with E-state index in [-0.39, 0.29) is 0 Å². The average molecular weight is 358 g/mol. The predicted molar refractivity (Wildman–Crippen MR) is 110 cm³/mol. The Labute approximate surface area is 158 Å². The van der Waals surface area contributed by atoms with Crippen LogP contribution >= 0.6 is 0 Å². The highest BCUT2D eigenvalue weighted by molar-refractivity contribution is 6.58. The number of fused-ring (bicyclic) bond motifs is 2. The number of benzene rings is 3. The first-order valence-corrected chi connectivity index (χ1v) is 8.88. The molecule has 0 unspecified atom stereocenters. The second-order valence-corrected chi connectivity index (χ2v) is 7.05. The molecular formula is C22H21BNO3+. The van der Waals surface area contributed by atoms with E-state index in [1.807, 2.05) is 49.9 Å². The van der Waals surface area contributed by atoms with Crippen molar-refractivity contribution in [2.45, 2.75) is 6.92 Å². The van der Waals surface area contributed by atoms with Gasteiger partial charge in [-0.3, -0.25) is 0 Å². The summed E-state index contributed by atoms with van der Waals surface area (Å²) < 4.78 is 8.28. The summed E-state index contributed by atoms with van der Waals surface area (Å²) in [5.74, 6) is 0.820. The van der Waals surface area contributed by atoms with Crippen LogP contribution < -0.4 is 15.4 Å². The van der Waals surface area contributed by atoms with Crippen LogP contribution in [0.15, 0.2) is 65.1 Å². The fourth-order valence-corrected chi connectivity index (χ4v) is 3.40. The zero-order valence-corrected chi connectivity index (χ0v) is 15.6. The molecule has 0 amide bonds. The number of hydrogen-bond acceptors (Lipinski definition) is 3. The third-order valence-electron chi connectivity index (χ3n) is 4.87. The molecule has 0 spiro atoms. The summed E-state index contributed by atoms with van der Waals surface area (Å²) in [6.07, 6.45) is 0. The maximum absolute atomic E-state index is 9.38. The molecule has 2 aromatic rings.